The lowest BCUT2D eigenvalue weighted by molar-refractivity contribution is -0.159. The lowest BCUT2D eigenvalue weighted by Gasteiger charge is -2.36. The SMILES string of the molecule is CCC12c3ccccc3C(CC)(c3cc(S(=O)(=O)N(C)C)ccc31)N2C.O=C(O)C(=O)O. The number of hydrogen-bond donors (Lipinski definition) is 2. The van der Waals surface area contributed by atoms with Crippen LogP contribution in [0.5, 0.6) is 0 Å². The molecule has 2 aliphatic rings. The maximum Gasteiger partial charge on any atom is 0.414 e. The topological polar surface area (TPSA) is 115 Å². The fourth-order valence-electron chi connectivity index (χ4n) is 5.38. The van der Waals surface area contributed by atoms with Crippen molar-refractivity contribution in [2.45, 2.75) is 42.7 Å². The molecule has 4 rings (SSSR count). The molecular formula is C23H28N2O6S. The second-order valence-electron chi connectivity index (χ2n) is 8.14. The van der Waals surface area contributed by atoms with Crippen molar-refractivity contribution >= 4 is 22.0 Å². The van der Waals surface area contributed by atoms with Crippen LogP contribution in [0.3, 0.4) is 0 Å². The van der Waals surface area contributed by atoms with Gasteiger partial charge in [-0.25, -0.2) is 22.3 Å². The number of carbonyl (C=O) groups is 2. The predicted molar refractivity (Wildman–Crippen MR) is 119 cm³/mol. The van der Waals surface area contributed by atoms with Crippen LogP contribution < -0.4 is 0 Å². The summed E-state index contributed by atoms with van der Waals surface area (Å²) in [5.41, 5.74) is 4.63. The van der Waals surface area contributed by atoms with E-state index in [0.717, 1.165) is 18.4 Å². The number of benzene rings is 2. The van der Waals surface area contributed by atoms with Gasteiger partial charge in [0, 0.05) is 14.1 Å². The van der Waals surface area contributed by atoms with Crippen LogP contribution in [-0.4, -0.2) is 60.9 Å². The molecule has 32 heavy (non-hydrogen) atoms. The van der Waals surface area contributed by atoms with E-state index < -0.39 is 22.0 Å². The van der Waals surface area contributed by atoms with Gasteiger partial charge in [-0.05, 0) is 54.3 Å². The summed E-state index contributed by atoms with van der Waals surface area (Å²) in [4.78, 5) is 21.0. The zero-order chi connectivity index (χ0) is 24.1. The zero-order valence-electron chi connectivity index (χ0n) is 18.8. The second kappa shape index (κ2) is 7.99. The quantitative estimate of drug-likeness (QED) is 0.674. The van der Waals surface area contributed by atoms with Crippen molar-refractivity contribution in [2.75, 3.05) is 21.1 Å². The number of nitrogens with zero attached hydrogens (tertiary/aromatic N) is 2. The van der Waals surface area contributed by atoms with Crippen molar-refractivity contribution in [3.63, 3.8) is 0 Å². The van der Waals surface area contributed by atoms with Crippen molar-refractivity contribution in [3.8, 4) is 0 Å². The van der Waals surface area contributed by atoms with E-state index in [0.29, 0.717) is 4.90 Å². The molecule has 2 aliphatic heterocycles. The first-order valence-electron chi connectivity index (χ1n) is 10.3. The summed E-state index contributed by atoms with van der Waals surface area (Å²) in [6.07, 6.45) is 1.86. The fourth-order valence-corrected chi connectivity index (χ4v) is 6.31. The van der Waals surface area contributed by atoms with E-state index in [2.05, 4.69) is 50.1 Å². The third-order valence-corrected chi connectivity index (χ3v) is 8.64. The van der Waals surface area contributed by atoms with Gasteiger partial charge in [0.2, 0.25) is 10.0 Å². The van der Waals surface area contributed by atoms with Crippen molar-refractivity contribution in [2.24, 2.45) is 0 Å². The Kier molecular flexibility index (Phi) is 5.97. The first kappa shape index (κ1) is 23.9. The lowest BCUT2D eigenvalue weighted by Crippen LogP contribution is -2.42. The Labute approximate surface area is 188 Å². The Bertz CT molecular complexity index is 1180. The van der Waals surface area contributed by atoms with Gasteiger partial charge in [0.15, 0.2) is 0 Å². The summed E-state index contributed by atoms with van der Waals surface area (Å²) < 4.78 is 26.7. The molecule has 0 saturated carbocycles. The van der Waals surface area contributed by atoms with Crippen molar-refractivity contribution < 1.29 is 28.2 Å². The molecular weight excluding hydrogens is 432 g/mol. The molecule has 2 aromatic rings. The molecule has 172 valence electrons. The molecule has 2 heterocycles. The van der Waals surface area contributed by atoms with E-state index in [1.165, 1.54) is 21.0 Å². The summed E-state index contributed by atoms with van der Waals surface area (Å²) in [7, 11) is 1.90. The average molecular weight is 461 g/mol. The molecule has 8 nitrogen and oxygen atoms in total. The number of fused-ring (bicyclic) bond motifs is 8. The van der Waals surface area contributed by atoms with Gasteiger partial charge in [-0.15, -0.1) is 0 Å². The number of carboxylic acid groups (broad SMARTS) is 2. The summed E-state index contributed by atoms with van der Waals surface area (Å²) in [6.45, 7) is 4.42. The molecule has 2 bridgehead atoms. The third kappa shape index (κ3) is 2.99. The third-order valence-electron chi connectivity index (χ3n) is 6.83. The van der Waals surface area contributed by atoms with Crippen LogP contribution in [0.2, 0.25) is 0 Å². The number of hydrogen-bond acceptors (Lipinski definition) is 5. The normalized spacial score (nSPS) is 23.3. The minimum Gasteiger partial charge on any atom is -0.473 e. The van der Waals surface area contributed by atoms with Crippen LogP contribution >= 0.6 is 0 Å². The minimum absolute atomic E-state index is 0.178. The van der Waals surface area contributed by atoms with Gasteiger partial charge >= 0.3 is 11.9 Å². The Morgan fingerprint density at radius 2 is 1.31 bits per heavy atom. The van der Waals surface area contributed by atoms with Crippen LogP contribution in [-0.2, 0) is 30.7 Å². The first-order valence-corrected chi connectivity index (χ1v) is 11.7. The van der Waals surface area contributed by atoms with Crippen molar-refractivity contribution in [3.05, 3.63) is 64.7 Å². The van der Waals surface area contributed by atoms with Gasteiger partial charge in [-0.3, -0.25) is 4.90 Å². The van der Waals surface area contributed by atoms with Gasteiger partial charge in [0.25, 0.3) is 0 Å². The average Bonchev–Trinajstić information content (AvgIpc) is 3.12. The molecule has 2 atom stereocenters. The Morgan fingerprint density at radius 1 is 0.875 bits per heavy atom. The van der Waals surface area contributed by atoms with Crippen LogP contribution in [0.1, 0.15) is 48.9 Å². The van der Waals surface area contributed by atoms with Crippen molar-refractivity contribution in [1.29, 1.82) is 0 Å². The van der Waals surface area contributed by atoms with Crippen molar-refractivity contribution in [1.82, 2.24) is 9.21 Å². The monoisotopic (exact) mass is 460 g/mol. The highest BCUT2D eigenvalue weighted by molar-refractivity contribution is 7.89. The van der Waals surface area contributed by atoms with Gasteiger partial charge < -0.3 is 10.2 Å². The summed E-state index contributed by atoms with van der Waals surface area (Å²) in [6, 6.07) is 14.4. The summed E-state index contributed by atoms with van der Waals surface area (Å²) in [5.74, 6) is -3.65. The molecule has 0 aromatic heterocycles. The van der Waals surface area contributed by atoms with E-state index in [4.69, 9.17) is 19.8 Å². The summed E-state index contributed by atoms with van der Waals surface area (Å²) >= 11 is 0. The Hall–Kier alpha value is -2.75. The van der Waals surface area contributed by atoms with Gasteiger partial charge in [0.1, 0.15) is 0 Å². The number of carboxylic acids is 2. The largest absolute Gasteiger partial charge is 0.473 e. The van der Waals surface area contributed by atoms with Crippen LogP contribution in [0.25, 0.3) is 0 Å². The van der Waals surface area contributed by atoms with E-state index >= 15 is 0 Å². The molecule has 0 spiro atoms. The molecule has 2 aromatic carbocycles. The van der Waals surface area contributed by atoms with E-state index in [9.17, 15) is 8.42 Å². The summed E-state index contributed by atoms with van der Waals surface area (Å²) in [5, 5.41) is 14.8. The van der Waals surface area contributed by atoms with Crippen LogP contribution in [0.4, 0.5) is 0 Å². The molecule has 0 aliphatic carbocycles. The van der Waals surface area contributed by atoms with E-state index in [1.54, 1.807) is 20.2 Å². The number of aliphatic carboxylic acids is 2. The Morgan fingerprint density at radius 3 is 1.72 bits per heavy atom. The molecule has 0 saturated heterocycles. The maximum atomic E-state index is 12.7. The highest BCUT2D eigenvalue weighted by Gasteiger charge is 2.63. The van der Waals surface area contributed by atoms with Crippen LogP contribution in [0.15, 0.2) is 47.4 Å². The standard InChI is InChI=1S/C21H26N2O2S.C2H2O4/c1-6-20-16-10-8-9-11-17(16)21(7-2,23(20)5)19-14-15(12-13-18(19)20)26(24,25)22(3)4;3-1(4)2(5)6/h8-14H,6-7H2,1-5H3;(H,3,4)(H,5,6). The lowest BCUT2D eigenvalue weighted by atomic mass is 9.71. The van der Waals surface area contributed by atoms with Gasteiger partial charge in [-0.1, -0.05) is 44.2 Å². The molecule has 9 heteroatoms. The molecule has 2 unspecified atom stereocenters. The molecule has 0 fully saturated rings. The highest BCUT2D eigenvalue weighted by atomic mass is 32.2. The molecule has 2 N–H and O–H groups in total. The number of sulfonamides is 1. The molecule has 0 amide bonds. The highest BCUT2D eigenvalue weighted by Crippen LogP contribution is 2.64. The molecule has 0 radical (unpaired) electrons. The first-order chi connectivity index (χ1) is 14.9. The fraction of sp³-hybridized carbons (Fsp3) is 0.391. The number of rotatable bonds is 4. The van der Waals surface area contributed by atoms with Gasteiger partial charge in [-0.2, -0.15) is 0 Å². The predicted octanol–water partition coefficient (Wildman–Crippen LogP) is 2.66. The van der Waals surface area contributed by atoms with Crippen LogP contribution in [0, 0.1) is 0 Å². The maximum absolute atomic E-state index is 12.7. The van der Waals surface area contributed by atoms with E-state index in [1.807, 2.05) is 12.1 Å². The zero-order valence-corrected chi connectivity index (χ0v) is 19.6. The smallest absolute Gasteiger partial charge is 0.414 e. The second-order valence-corrected chi connectivity index (χ2v) is 10.3. The van der Waals surface area contributed by atoms with E-state index in [-0.39, 0.29) is 11.1 Å². The minimum atomic E-state index is -3.46. The Balaban J connectivity index is 0.000000427. The van der Waals surface area contributed by atoms with Gasteiger partial charge in [0.05, 0.1) is 16.0 Å².